The largest absolute Gasteiger partial charge is 0.508 e. The number of allylic oxidation sites excluding steroid dienone is 2. The first kappa shape index (κ1) is 49.6. The Labute approximate surface area is 424 Å². The molecule has 0 saturated heterocycles. The molecule has 3 fully saturated rings. The van der Waals surface area contributed by atoms with Gasteiger partial charge in [-0.2, -0.15) is 0 Å². The van der Waals surface area contributed by atoms with E-state index in [2.05, 4.69) is 40.8 Å². The Balaban J connectivity index is 1.05. The number of H-pyrrole nitrogens is 1. The van der Waals surface area contributed by atoms with Gasteiger partial charge in [-0.3, -0.25) is 9.59 Å². The maximum Gasteiger partial charge on any atom is 0.165 e. The lowest BCUT2D eigenvalue weighted by Gasteiger charge is -2.53. The number of aryl methyl sites for hydroxylation is 1. The van der Waals surface area contributed by atoms with E-state index in [9.17, 15) is 35.1 Å². The fourth-order valence-electron chi connectivity index (χ4n) is 13.3. The number of aromatic amines is 1. The number of rotatable bonds is 2. The van der Waals surface area contributed by atoms with Crippen molar-refractivity contribution in [2.24, 2.45) is 33.1 Å². The summed E-state index contributed by atoms with van der Waals surface area (Å²) in [5.74, 6) is 14.9. The number of fused-ring (bicyclic) bond motifs is 7. The number of phenolic OH excluding ortho intramolecular Hbond substituents is 2. The molecule has 1 aromatic heterocycles. The van der Waals surface area contributed by atoms with Crippen LogP contribution in [-0.4, -0.2) is 72.8 Å². The third-order valence-corrected chi connectivity index (χ3v) is 19.8. The van der Waals surface area contributed by atoms with Gasteiger partial charge in [-0.25, -0.2) is 0 Å². The van der Waals surface area contributed by atoms with Gasteiger partial charge in [0.1, 0.15) is 5.75 Å². The van der Waals surface area contributed by atoms with Crippen molar-refractivity contribution in [1.82, 2.24) is 4.98 Å². The van der Waals surface area contributed by atoms with Crippen LogP contribution in [0.2, 0.25) is 0 Å². The van der Waals surface area contributed by atoms with E-state index in [1.165, 1.54) is 0 Å². The number of hydrogen-bond donors (Lipinski definition) is 8. The molecule has 1 aliphatic heterocycles. The lowest BCUT2D eigenvalue weighted by molar-refractivity contribution is -0.119. The fourth-order valence-corrected chi connectivity index (χ4v) is 16.1. The highest BCUT2D eigenvalue weighted by molar-refractivity contribution is 8.76. The van der Waals surface area contributed by atoms with Gasteiger partial charge in [-0.05, 0) is 139 Å². The van der Waals surface area contributed by atoms with Crippen molar-refractivity contribution in [2.45, 2.75) is 132 Å². The second-order valence-electron chi connectivity index (χ2n) is 21.7. The third kappa shape index (κ3) is 9.72. The molecule has 10 rings (SSSR count). The molecule has 7 unspecified atom stereocenters. The van der Waals surface area contributed by atoms with Crippen molar-refractivity contribution in [2.75, 3.05) is 19.0 Å². The van der Waals surface area contributed by atoms with Crippen LogP contribution in [0.1, 0.15) is 151 Å². The van der Waals surface area contributed by atoms with Crippen LogP contribution < -0.4 is 16.2 Å². The number of carbonyl (C=O) groups is 2. The molecule has 2 heterocycles. The Bertz CT molecular complexity index is 2890. The number of aromatic nitrogens is 1. The molecule has 0 radical (unpaired) electrons. The number of benzene rings is 3. The molecule has 0 amide bonds. The summed E-state index contributed by atoms with van der Waals surface area (Å²) >= 11 is 0. The van der Waals surface area contributed by atoms with Crippen molar-refractivity contribution < 1.29 is 39.9 Å². The molecule has 7 atom stereocenters. The number of ether oxygens (including phenoxy) is 1. The predicted molar refractivity (Wildman–Crippen MR) is 278 cm³/mol. The Kier molecular flexibility index (Phi) is 13.8. The monoisotopic (exact) mass is 995 g/mol. The van der Waals surface area contributed by atoms with Crippen molar-refractivity contribution in [3.8, 4) is 40.9 Å². The normalized spacial score (nSPS) is 31.0. The smallest absolute Gasteiger partial charge is 0.165 e. The zero-order valence-electron chi connectivity index (χ0n) is 40.2. The number of aliphatic hydroxyl groups is 3. The summed E-state index contributed by atoms with van der Waals surface area (Å²) in [6.07, 6.45) is 13.2. The third-order valence-electron chi connectivity index (χ3n) is 17.3. The number of ketones is 2. The number of carbonyl (C=O) groups excluding carboxylic acids is 2. The Morgan fingerprint density at radius 3 is 2.54 bits per heavy atom. The first-order valence-electron chi connectivity index (χ1n) is 25.3. The lowest BCUT2D eigenvalue weighted by atomic mass is 9.52. The molecule has 372 valence electrons. The minimum atomic E-state index is -1.16. The molecular weight excluding hydrogens is 931 g/mol. The van der Waals surface area contributed by atoms with Gasteiger partial charge < -0.3 is 46.7 Å². The lowest BCUT2D eigenvalue weighted by Crippen LogP contribution is -2.52. The molecule has 8 bridgehead atoms. The second-order valence-corrected chi connectivity index (χ2v) is 24.1. The van der Waals surface area contributed by atoms with Crippen LogP contribution in [0.5, 0.6) is 17.2 Å². The highest BCUT2D eigenvalue weighted by atomic mass is 33.1. The predicted octanol–water partition coefficient (Wildman–Crippen LogP) is 8.61. The van der Waals surface area contributed by atoms with Crippen LogP contribution in [0.4, 0.5) is 0 Å². The average Bonchev–Trinajstić information content (AvgIpc) is 4.05. The van der Waals surface area contributed by atoms with Crippen LogP contribution in [0.15, 0.2) is 72.9 Å². The number of nitrogens with two attached hydrogens (primary N) is 2. The van der Waals surface area contributed by atoms with E-state index in [1.807, 2.05) is 18.2 Å². The molecule has 6 aliphatic rings. The van der Waals surface area contributed by atoms with Gasteiger partial charge in [0.15, 0.2) is 23.1 Å². The van der Waals surface area contributed by atoms with Crippen molar-refractivity contribution in [1.29, 1.82) is 0 Å². The van der Waals surface area contributed by atoms with Crippen LogP contribution in [0, 0.1) is 45.3 Å². The van der Waals surface area contributed by atoms with Gasteiger partial charge in [0.25, 0.3) is 0 Å². The molecule has 11 nitrogen and oxygen atoms in total. The minimum Gasteiger partial charge on any atom is -0.508 e. The van der Waals surface area contributed by atoms with E-state index in [0.717, 1.165) is 65.6 Å². The van der Waals surface area contributed by atoms with Crippen LogP contribution in [-0.2, 0) is 29.8 Å². The fraction of sp³-hybridized carbons (Fsp3) is 0.483. The topological polar surface area (TPSA) is 212 Å². The summed E-state index contributed by atoms with van der Waals surface area (Å²) < 4.78 is 6.19. The molecule has 71 heavy (non-hydrogen) atoms. The molecule has 3 aromatic carbocycles. The van der Waals surface area contributed by atoms with Crippen molar-refractivity contribution in [3.63, 3.8) is 0 Å². The van der Waals surface area contributed by atoms with Crippen LogP contribution in [0.25, 0.3) is 0 Å². The maximum atomic E-state index is 14.3. The molecule has 3 saturated carbocycles. The molecule has 10 N–H and O–H groups in total. The van der Waals surface area contributed by atoms with Gasteiger partial charge in [-0.1, -0.05) is 76.1 Å². The summed E-state index contributed by atoms with van der Waals surface area (Å²) in [5.41, 5.74) is 16.9. The van der Waals surface area contributed by atoms with E-state index in [0.29, 0.717) is 91.7 Å². The molecule has 4 aromatic rings. The zero-order valence-corrected chi connectivity index (χ0v) is 41.9. The first-order valence-corrected chi connectivity index (χ1v) is 27.7. The zero-order chi connectivity index (χ0) is 49.6. The number of aliphatic hydroxyl groups excluding tert-OH is 2. The standard InChI is InChI=1S/C58H65N3O8S2/c59-53(60)44-28-39-4-1-5-47-42(13-24-61-47)50(66)30-45-43(39)29-40(44)32-70-71-36-55-15-2-16-56-17-3-18-57(56,34-58(68,35-62)23-22-56)21-20-54(33-55,31-52(55)67)19-12-41(63)9-6-37-8-11-49(65)51(27-37)69-25-14-38-7-10-48(64)46(45)26-38/h7-8,10-13,19,24,26-29,45,52-53,61-62,64-65,67-68H,3,5-6,9,14-15,17-18,20-23,25,30-36,59-60H2. The van der Waals surface area contributed by atoms with Gasteiger partial charge in [0.2, 0.25) is 0 Å². The minimum absolute atomic E-state index is 0.0153. The number of hydrogen-bond acceptors (Lipinski definition) is 12. The number of nitrogens with one attached hydrogen (secondary N) is 1. The Morgan fingerprint density at radius 1 is 0.873 bits per heavy atom. The maximum absolute atomic E-state index is 14.3. The highest BCUT2D eigenvalue weighted by Crippen LogP contribution is 2.67. The van der Waals surface area contributed by atoms with Crippen LogP contribution in [0.3, 0.4) is 0 Å². The summed E-state index contributed by atoms with van der Waals surface area (Å²) in [4.78, 5) is 31.4. The summed E-state index contributed by atoms with van der Waals surface area (Å²) in [6, 6.07) is 16.4. The number of aromatic hydroxyl groups is 2. The average molecular weight is 996 g/mol. The van der Waals surface area contributed by atoms with Crippen LogP contribution >= 0.6 is 21.6 Å². The SMILES string of the molecule is NC(N)c1cc2c3cc1CSSCC14CC#CC56CCCC5(CCC(C=CC(=O)CCc5ccc(O)c(c5)OCCc5ccc(O)c(c5)C3CC(=O)c3cc[nH]c3CC#C2)(CC1O)C4)CC(O)(CO)CC6. The van der Waals surface area contributed by atoms with Crippen molar-refractivity contribution >= 4 is 33.2 Å². The number of Topliss-reactive ketones (excluding diaryl/α,β-unsaturated/α-hetero) is 1. The van der Waals surface area contributed by atoms with E-state index >= 15 is 0 Å². The van der Waals surface area contributed by atoms with E-state index in [4.69, 9.17) is 16.2 Å². The summed E-state index contributed by atoms with van der Waals surface area (Å²) in [7, 11) is 3.34. The van der Waals surface area contributed by atoms with Gasteiger partial charge in [-0.15, -0.1) is 5.92 Å². The van der Waals surface area contributed by atoms with E-state index in [1.54, 1.807) is 64.2 Å². The quantitative estimate of drug-likeness (QED) is 0.0539. The van der Waals surface area contributed by atoms with Gasteiger partial charge in [0, 0.05) is 82.5 Å². The van der Waals surface area contributed by atoms with E-state index in [-0.39, 0.29) is 60.0 Å². The molecule has 0 spiro atoms. The summed E-state index contributed by atoms with van der Waals surface area (Å²) in [6.45, 7) is -0.0747. The Hall–Kier alpha value is -4.96. The van der Waals surface area contributed by atoms with Crippen molar-refractivity contribution in [3.05, 3.63) is 123 Å². The van der Waals surface area contributed by atoms with Gasteiger partial charge in [0.05, 0.1) is 37.5 Å². The Morgan fingerprint density at radius 2 is 1.70 bits per heavy atom. The molecule has 5 aliphatic carbocycles. The molecular formula is C58H65N3O8S2. The highest BCUT2D eigenvalue weighted by Gasteiger charge is 2.62. The van der Waals surface area contributed by atoms with Gasteiger partial charge >= 0.3 is 0 Å². The first-order chi connectivity index (χ1) is 34.2. The van der Waals surface area contributed by atoms with E-state index < -0.39 is 34.6 Å². The number of phenols is 2. The second kappa shape index (κ2) is 19.8. The summed E-state index contributed by atoms with van der Waals surface area (Å²) in [5, 5.41) is 57.0. The molecule has 13 heteroatoms.